The van der Waals surface area contributed by atoms with E-state index in [0.717, 1.165) is 25.3 Å². The third-order valence-corrected chi connectivity index (χ3v) is 7.90. The van der Waals surface area contributed by atoms with E-state index in [4.69, 9.17) is 4.74 Å². The van der Waals surface area contributed by atoms with Gasteiger partial charge in [0.1, 0.15) is 5.75 Å². The summed E-state index contributed by atoms with van der Waals surface area (Å²) in [6, 6.07) is 8.31. The number of amides is 1. The van der Waals surface area contributed by atoms with Crippen molar-refractivity contribution in [3.63, 3.8) is 0 Å². The molecule has 152 valence electrons. The Kier molecular flexibility index (Phi) is 9.87. The molecule has 3 unspecified atom stereocenters. The maximum absolute atomic E-state index is 12.4. The molecule has 4 nitrogen and oxygen atoms in total. The molecule has 1 N–H and O–H groups in total. The van der Waals surface area contributed by atoms with Crippen LogP contribution in [0.1, 0.15) is 39.0 Å². The Labute approximate surface area is 173 Å². The Balaban J connectivity index is 1.85. The Morgan fingerprint density at radius 1 is 1.30 bits per heavy atom. The second-order valence-electron chi connectivity index (χ2n) is 7.38. The van der Waals surface area contributed by atoms with Crippen LogP contribution in [0.5, 0.6) is 5.75 Å². The lowest BCUT2D eigenvalue weighted by Crippen LogP contribution is -2.35. The monoisotopic (exact) mass is 410 g/mol. The second kappa shape index (κ2) is 11.9. The fraction of sp³-hybridized carbons (Fsp3) is 0.667. The predicted octanol–water partition coefficient (Wildman–Crippen LogP) is 4.29. The fourth-order valence-corrected chi connectivity index (χ4v) is 6.25. The van der Waals surface area contributed by atoms with Crippen LogP contribution < -0.4 is 10.1 Å². The van der Waals surface area contributed by atoms with Crippen LogP contribution in [0.25, 0.3) is 0 Å². The minimum Gasteiger partial charge on any atom is -0.497 e. The van der Waals surface area contributed by atoms with Crippen molar-refractivity contribution in [1.29, 1.82) is 0 Å². The molecule has 1 aliphatic carbocycles. The highest BCUT2D eigenvalue weighted by molar-refractivity contribution is 8.04. The van der Waals surface area contributed by atoms with Crippen LogP contribution in [-0.2, 0) is 4.79 Å². The molecule has 27 heavy (non-hydrogen) atoms. The highest BCUT2D eigenvalue weighted by Crippen LogP contribution is 2.41. The van der Waals surface area contributed by atoms with E-state index < -0.39 is 0 Å². The molecule has 0 aromatic heterocycles. The van der Waals surface area contributed by atoms with Crippen LogP contribution in [0.3, 0.4) is 0 Å². The van der Waals surface area contributed by atoms with Gasteiger partial charge in [0.2, 0.25) is 5.91 Å². The minimum atomic E-state index is 0.000801. The lowest BCUT2D eigenvalue weighted by molar-refractivity contribution is -0.120. The van der Waals surface area contributed by atoms with Crippen molar-refractivity contribution in [2.45, 2.75) is 59.7 Å². The maximum atomic E-state index is 12.4. The van der Waals surface area contributed by atoms with Crippen molar-refractivity contribution in [2.24, 2.45) is 0 Å². The number of carbonyl (C=O) groups is 1. The number of rotatable bonds is 10. The molecule has 1 aromatic carbocycles. The number of benzene rings is 1. The summed E-state index contributed by atoms with van der Waals surface area (Å²) in [5, 5.41) is 4.18. The Bertz CT molecular complexity index is 583. The SMILES string of the molecule is COc1cccc(SC2CCCCC2SC(C)C(=O)NCCCN(C)C)c1. The zero-order valence-corrected chi connectivity index (χ0v) is 18.7. The first-order valence-electron chi connectivity index (χ1n) is 9.88. The first-order chi connectivity index (χ1) is 13.0. The van der Waals surface area contributed by atoms with E-state index in [0.29, 0.717) is 10.5 Å². The Morgan fingerprint density at radius 2 is 2.04 bits per heavy atom. The average molecular weight is 411 g/mol. The number of carbonyl (C=O) groups excluding carboxylic acids is 1. The molecule has 1 saturated carbocycles. The average Bonchev–Trinajstić information content (AvgIpc) is 2.66. The Morgan fingerprint density at radius 3 is 2.74 bits per heavy atom. The van der Waals surface area contributed by atoms with E-state index in [9.17, 15) is 4.79 Å². The highest BCUT2D eigenvalue weighted by Gasteiger charge is 2.29. The lowest BCUT2D eigenvalue weighted by Gasteiger charge is -2.32. The van der Waals surface area contributed by atoms with E-state index in [1.165, 1.54) is 30.6 Å². The van der Waals surface area contributed by atoms with Crippen molar-refractivity contribution in [3.05, 3.63) is 24.3 Å². The van der Waals surface area contributed by atoms with Crippen LogP contribution in [0, 0.1) is 0 Å². The van der Waals surface area contributed by atoms with Gasteiger partial charge in [0.25, 0.3) is 0 Å². The van der Waals surface area contributed by atoms with E-state index >= 15 is 0 Å². The third-order valence-electron chi connectivity index (χ3n) is 4.80. The maximum Gasteiger partial charge on any atom is 0.232 e. The second-order valence-corrected chi connectivity index (χ2v) is 10.3. The van der Waals surface area contributed by atoms with Gasteiger partial charge >= 0.3 is 0 Å². The third kappa shape index (κ3) is 7.96. The van der Waals surface area contributed by atoms with Crippen LogP contribution in [0.4, 0.5) is 0 Å². The molecule has 0 radical (unpaired) electrons. The summed E-state index contributed by atoms with van der Waals surface area (Å²) in [5.41, 5.74) is 0. The molecule has 6 heteroatoms. The standard InChI is InChI=1S/C21H34N2O2S2/c1-16(21(24)22-13-8-14-23(2)3)26-19-11-5-6-12-20(19)27-18-10-7-9-17(15-18)25-4/h7,9-10,15-16,19-20H,5-6,8,11-14H2,1-4H3,(H,22,24). The molecule has 0 aliphatic heterocycles. The summed E-state index contributed by atoms with van der Waals surface area (Å²) in [6.07, 6.45) is 5.96. The van der Waals surface area contributed by atoms with Gasteiger partial charge in [-0.3, -0.25) is 4.79 Å². The van der Waals surface area contributed by atoms with Gasteiger partial charge < -0.3 is 15.0 Å². The van der Waals surface area contributed by atoms with Crippen molar-refractivity contribution in [3.8, 4) is 5.75 Å². The first-order valence-corrected chi connectivity index (χ1v) is 11.7. The summed E-state index contributed by atoms with van der Waals surface area (Å²) < 4.78 is 5.35. The molecular formula is C21H34N2O2S2. The van der Waals surface area contributed by atoms with Crippen LogP contribution >= 0.6 is 23.5 Å². The van der Waals surface area contributed by atoms with Gasteiger partial charge in [-0.25, -0.2) is 0 Å². The summed E-state index contributed by atoms with van der Waals surface area (Å²) in [4.78, 5) is 15.8. The summed E-state index contributed by atoms with van der Waals surface area (Å²) in [6.45, 7) is 3.81. The number of hydrogen-bond acceptors (Lipinski definition) is 5. The molecule has 3 atom stereocenters. The lowest BCUT2D eigenvalue weighted by atomic mass is 10.00. The molecule has 0 saturated heterocycles. The van der Waals surface area contributed by atoms with Crippen LogP contribution in [0.2, 0.25) is 0 Å². The van der Waals surface area contributed by atoms with Crippen LogP contribution in [0.15, 0.2) is 29.2 Å². The van der Waals surface area contributed by atoms with Gasteiger partial charge in [-0.2, -0.15) is 0 Å². The molecule has 2 rings (SSSR count). The number of nitrogens with zero attached hydrogens (tertiary/aromatic N) is 1. The molecular weight excluding hydrogens is 376 g/mol. The van der Waals surface area contributed by atoms with Gasteiger partial charge in [-0.1, -0.05) is 18.9 Å². The highest BCUT2D eigenvalue weighted by atomic mass is 32.2. The molecule has 1 amide bonds. The van der Waals surface area contributed by atoms with Crippen molar-refractivity contribution >= 4 is 29.4 Å². The molecule has 0 bridgehead atoms. The van der Waals surface area contributed by atoms with E-state index in [1.807, 2.05) is 36.5 Å². The molecule has 1 aromatic rings. The van der Waals surface area contributed by atoms with Crippen LogP contribution in [-0.4, -0.2) is 60.9 Å². The number of hydrogen-bond donors (Lipinski definition) is 1. The van der Waals surface area contributed by atoms with E-state index in [1.54, 1.807) is 7.11 Å². The molecule has 1 fully saturated rings. The van der Waals surface area contributed by atoms with Gasteiger partial charge in [0.15, 0.2) is 0 Å². The molecule has 0 heterocycles. The number of nitrogens with one attached hydrogen (secondary N) is 1. The summed E-state index contributed by atoms with van der Waals surface area (Å²) in [7, 11) is 5.83. The van der Waals surface area contributed by atoms with Crippen molar-refractivity contribution < 1.29 is 9.53 Å². The summed E-state index contributed by atoms with van der Waals surface area (Å²) >= 11 is 3.80. The van der Waals surface area contributed by atoms with Gasteiger partial charge in [0, 0.05) is 21.9 Å². The Hall–Kier alpha value is -0.850. The topological polar surface area (TPSA) is 41.6 Å². The zero-order valence-electron chi connectivity index (χ0n) is 17.1. The number of ether oxygens (including phenoxy) is 1. The normalized spacial score (nSPS) is 21.1. The largest absolute Gasteiger partial charge is 0.497 e. The number of methoxy groups -OCH3 is 1. The smallest absolute Gasteiger partial charge is 0.232 e. The predicted molar refractivity (Wildman–Crippen MR) is 118 cm³/mol. The van der Waals surface area contributed by atoms with Gasteiger partial charge in [-0.15, -0.1) is 23.5 Å². The van der Waals surface area contributed by atoms with Crippen molar-refractivity contribution in [2.75, 3.05) is 34.3 Å². The fourth-order valence-electron chi connectivity index (χ4n) is 3.28. The minimum absolute atomic E-state index is 0.000801. The molecule has 1 aliphatic rings. The van der Waals surface area contributed by atoms with Gasteiger partial charge in [-0.05, 0) is 65.0 Å². The van der Waals surface area contributed by atoms with Gasteiger partial charge in [0.05, 0.1) is 12.4 Å². The van der Waals surface area contributed by atoms with E-state index in [2.05, 4.69) is 42.5 Å². The zero-order chi connectivity index (χ0) is 19.6. The van der Waals surface area contributed by atoms with E-state index in [-0.39, 0.29) is 11.2 Å². The van der Waals surface area contributed by atoms with Crippen molar-refractivity contribution in [1.82, 2.24) is 10.2 Å². The molecule has 0 spiro atoms. The summed E-state index contributed by atoms with van der Waals surface area (Å²) in [5.74, 6) is 1.08. The quantitative estimate of drug-likeness (QED) is 0.583. The number of thioether (sulfide) groups is 2. The first kappa shape index (κ1) is 22.4.